The second-order valence-corrected chi connectivity index (χ2v) is 40.2. The van der Waals surface area contributed by atoms with E-state index in [2.05, 4.69) is 240 Å². The molecule has 0 radical (unpaired) electrons. The quantitative estimate of drug-likeness (QED) is 0.0218. The van der Waals surface area contributed by atoms with Gasteiger partial charge in [0.2, 0.25) is 17.2 Å². The second kappa shape index (κ2) is 40.3. The van der Waals surface area contributed by atoms with E-state index < -0.39 is 28.3 Å². The van der Waals surface area contributed by atoms with E-state index in [0.717, 1.165) is 195 Å². The highest BCUT2D eigenvalue weighted by atomic mass is 35.5. The van der Waals surface area contributed by atoms with Crippen molar-refractivity contribution >= 4 is 137 Å². The number of fused-ring (bicyclic) bond motifs is 3. The van der Waals surface area contributed by atoms with E-state index in [4.69, 9.17) is 43.6 Å². The number of aromatic nitrogens is 15. The Morgan fingerprint density at radius 3 is 1.10 bits per heavy atom. The van der Waals surface area contributed by atoms with Gasteiger partial charge in [-0.15, -0.1) is 78.7 Å². The zero-order valence-electron chi connectivity index (χ0n) is 66.4. The van der Waals surface area contributed by atoms with Crippen LogP contribution in [0.25, 0.3) is 32.3 Å². The Labute approximate surface area is 687 Å². The van der Waals surface area contributed by atoms with Gasteiger partial charge in [-0.05, 0) is 109 Å². The molecule has 15 rings (SSSR count). The van der Waals surface area contributed by atoms with Crippen LogP contribution in [0.1, 0.15) is 72.3 Å². The number of nitrogens with one attached hydrogen (secondary N) is 2. The van der Waals surface area contributed by atoms with E-state index in [1.54, 1.807) is 6.20 Å². The molecule has 6 N–H and O–H groups in total. The van der Waals surface area contributed by atoms with Crippen LogP contribution in [0.5, 0.6) is 0 Å². The van der Waals surface area contributed by atoms with Gasteiger partial charge in [-0.2, -0.15) is 13.2 Å². The normalized spacial score (nSPS) is 16.4. The van der Waals surface area contributed by atoms with Crippen molar-refractivity contribution in [1.82, 2.24) is 76.1 Å². The number of terminal acetylenes is 1. The number of anilines is 8. The lowest BCUT2D eigenvalue weighted by Gasteiger charge is -2.33. The van der Waals surface area contributed by atoms with Crippen LogP contribution in [0.2, 0.25) is 44.6 Å². The van der Waals surface area contributed by atoms with Gasteiger partial charge in [0.1, 0.15) is 16.1 Å². The highest BCUT2D eigenvalue weighted by Gasteiger charge is 2.38. The van der Waals surface area contributed by atoms with Gasteiger partial charge in [-0.25, -0.2) is 19.7 Å². The SMILES string of the molecule is C#Cc1cnc(N[C@@H]2CCN(c3nnc(N4CCC4)c4cc(CC(=O)C=C)ccc34)C2)nn1.C=CC(=O)Cc1ccc2c(N3CC[C@@H](N)C3)nnc(N3CCC3)c2c1.C=CC(=O)Cc1ccc2c(N3CC[C@@H](Nc4ncc(C#C[Si](C)(C)C)nn4)C3)nnc(N3CCC3)c2c1.C[Si](C)(C)C#Cc1cnc(Cl)nn1.O=C(O)C(F)(F)F.O=CO. The minimum atomic E-state index is -5.08. The average Bonchev–Trinajstić information content (AvgIpc) is 1.38. The number of carboxylic acids is 1. The van der Waals surface area contributed by atoms with Gasteiger partial charge >= 0.3 is 12.1 Å². The number of benzene rings is 3. The molecule has 614 valence electrons. The summed E-state index contributed by atoms with van der Waals surface area (Å²) in [6.45, 7) is 34.4. The predicted molar refractivity (Wildman–Crippen MR) is 454 cm³/mol. The number of nitrogens with two attached hydrogens (primary N) is 1. The summed E-state index contributed by atoms with van der Waals surface area (Å²) in [5.41, 5.74) is 17.0. The summed E-state index contributed by atoms with van der Waals surface area (Å²) < 4.78 is 31.7. The summed E-state index contributed by atoms with van der Waals surface area (Å²) >= 11 is 5.48. The van der Waals surface area contributed by atoms with Crippen molar-refractivity contribution < 1.29 is 47.4 Å². The fraction of sp³-hybridized carbons (Fsp3) is 0.383. The van der Waals surface area contributed by atoms with Crippen molar-refractivity contribution in [2.24, 2.45) is 5.73 Å². The van der Waals surface area contributed by atoms with Crippen LogP contribution >= 0.6 is 11.6 Å². The lowest BCUT2D eigenvalue weighted by molar-refractivity contribution is -0.192. The van der Waals surface area contributed by atoms with Crippen molar-refractivity contribution in [3.05, 3.63) is 150 Å². The highest BCUT2D eigenvalue weighted by Crippen LogP contribution is 2.39. The van der Waals surface area contributed by atoms with E-state index in [9.17, 15) is 27.6 Å². The summed E-state index contributed by atoms with van der Waals surface area (Å²) in [7, 11) is -2.82. The Morgan fingerprint density at radius 1 is 0.508 bits per heavy atom. The number of ketones is 3. The average molecular weight is 1660 g/mol. The highest BCUT2D eigenvalue weighted by molar-refractivity contribution is 6.84. The van der Waals surface area contributed by atoms with Crippen LogP contribution < -0.4 is 45.8 Å². The molecule has 12 heterocycles. The van der Waals surface area contributed by atoms with Gasteiger partial charge < -0.3 is 56.0 Å². The van der Waals surface area contributed by atoms with Gasteiger partial charge in [0.05, 0.1) is 18.6 Å². The molecule has 31 nitrogen and oxygen atoms in total. The Hall–Kier alpha value is -12.6. The molecule has 0 amide bonds. The predicted octanol–water partition coefficient (Wildman–Crippen LogP) is 9.00. The van der Waals surface area contributed by atoms with Gasteiger partial charge in [0.15, 0.2) is 69.3 Å². The maximum absolute atomic E-state index is 12.0. The summed E-state index contributed by atoms with van der Waals surface area (Å²) in [6, 6.07) is 18.9. The third-order valence-electron chi connectivity index (χ3n) is 19.0. The molecule has 3 atom stereocenters. The molecule has 118 heavy (non-hydrogen) atoms. The molecule has 6 aromatic heterocycles. The minimum Gasteiger partial charge on any atom is -0.483 e. The molecule has 6 fully saturated rings. The molecule has 0 spiro atoms. The molecule has 0 aliphatic carbocycles. The number of allylic oxidation sites excluding steroid dienone is 3. The van der Waals surface area contributed by atoms with Crippen LogP contribution in [0.15, 0.2) is 111 Å². The first-order chi connectivity index (χ1) is 56.4. The molecule has 6 aliphatic rings. The van der Waals surface area contributed by atoms with E-state index in [0.29, 0.717) is 48.2 Å². The van der Waals surface area contributed by atoms with Gasteiger partial charge in [0.25, 0.3) is 6.47 Å². The van der Waals surface area contributed by atoms with Gasteiger partial charge in [-0.1, -0.05) is 107 Å². The molecular formula is C81H92ClF3N24O7Si2. The zero-order chi connectivity index (χ0) is 84.8. The third-order valence-corrected chi connectivity index (χ3v) is 21.0. The molecule has 37 heteroatoms. The first kappa shape index (κ1) is 87.8. The van der Waals surface area contributed by atoms with Crippen molar-refractivity contribution in [1.29, 1.82) is 0 Å². The molecule has 9 aromatic rings. The number of carboxylic acid groups (broad SMARTS) is 2. The van der Waals surface area contributed by atoms with Crippen molar-refractivity contribution in [3.8, 4) is 35.3 Å². The number of nitrogens with zero attached hydrogens (tertiary/aromatic N) is 21. The van der Waals surface area contributed by atoms with E-state index in [1.165, 1.54) is 37.0 Å². The maximum Gasteiger partial charge on any atom is 0.490 e. The van der Waals surface area contributed by atoms with Crippen molar-refractivity contribution in [2.45, 2.75) is 121 Å². The minimum absolute atomic E-state index is 0.00235. The summed E-state index contributed by atoms with van der Waals surface area (Å²) in [4.78, 5) is 78.7. The fourth-order valence-corrected chi connectivity index (χ4v) is 13.9. The number of alkyl halides is 3. The number of carbonyl (C=O) groups is 5. The number of hydrogen-bond donors (Lipinski definition) is 5. The molecule has 0 bridgehead atoms. The topological polar surface area (TPSA) is 389 Å². The van der Waals surface area contributed by atoms with Crippen LogP contribution in [0.3, 0.4) is 0 Å². The first-order valence-corrected chi connectivity index (χ1v) is 45.6. The Morgan fingerprint density at radius 2 is 0.831 bits per heavy atom. The summed E-state index contributed by atoms with van der Waals surface area (Å²) in [5.74, 6) is 12.0. The largest absolute Gasteiger partial charge is 0.490 e. The van der Waals surface area contributed by atoms with E-state index in [1.807, 2.05) is 18.2 Å². The Bertz CT molecular complexity index is 5320. The molecule has 0 saturated carbocycles. The molecule has 6 saturated heterocycles. The zero-order valence-corrected chi connectivity index (χ0v) is 69.2. The Kier molecular flexibility index (Phi) is 30.0. The van der Waals surface area contributed by atoms with Crippen LogP contribution in [-0.2, 0) is 43.2 Å². The second-order valence-electron chi connectivity index (χ2n) is 30.4. The van der Waals surface area contributed by atoms with Crippen molar-refractivity contribution in [2.75, 3.05) is 119 Å². The van der Waals surface area contributed by atoms with Crippen LogP contribution in [0.4, 0.5) is 60.0 Å². The van der Waals surface area contributed by atoms with Crippen LogP contribution in [-0.4, -0.2) is 235 Å². The van der Waals surface area contributed by atoms with Crippen molar-refractivity contribution in [3.63, 3.8) is 0 Å². The lowest BCUT2D eigenvalue weighted by atomic mass is 10.0. The summed E-state index contributed by atoms with van der Waals surface area (Å²) in [5, 5.41) is 78.6. The van der Waals surface area contributed by atoms with E-state index in [-0.39, 0.29) is 47.2 Å². The number of rotatable bonds is 19. The standard InChI is InChI=1S/C27H32N8OSi.C24H24N8O.C19H23N5O.C8H10ClN3Si.C2HF3O2.CH2O2/c1-5-22(36)15-19-7-8-23-24(16-19)26(34-11-6-12-34)32-31-25(23)35-13-9-21(18-35)29-27-28-17-20(30-33-27)10-14-37(2,3)4;1-3-17-14-25-24(30-27-17)26-18-8-11-32(15-18)22-20-7-6-16(12-19(33)4-2)13-21(20)23(29-28-22)31-9-5-10-31;1-2-15(25)10-13-4-5-16-17(11-13)19(23-7-3-8-23)22-21-18(16)24-9-6-14(20)12-24;1-13(2,3)5-4-7-6-10-8(9)12-11-7;3-2(4,5)1(6)7;2-1-3/h5,7-8,16-17,21H,1,6,9,11-13,15,18H2,2-4H3,(H,28,29,33);1,4,6-7,13-14,18H,2,5,8-12,15H2,(H,25,26,30);2,4-5,11,14H,1,3,6-10,12,20H2;6H,1-3H3;(H,6,7);1H,(H,2,3)/t21-;18-;14-;;;/m111.../s1. The maximum atomic E-state index is 12.0. The fourth-order valence-electron chi connectivity index (χ4n) is 12.8. The van der Waals surface area contributed by atoms with Gasteiger partial charge in [-0.3, -0.25) is 19.2 Å². The first-order valence-electron chi connectivity index (χ1n) is 38.2. The molecule has 3 aromatic carbocycles. The number of hydrogen-bond acceptors (Lipinski definition) is 29. The monoisotopic (exact) mass is 1660 g/mol. The Balaban J connectivity index is 0.000000166. The molecule has 0 unspecified atom stereocenters. The van der Waals surface area contributed by atoms with E-state index >= 15 is 0 Å². The number of halogens is 4. The lowest BCUT2D eigenvalue weighted by Crippen LogP contribution is -2.38. The molecular weight excluding hydrogens is 1570 g/mol. The summed E-state index contributed by atoms with van der Waals surface area (Å²) in [6.07, 6.45) is 16.4. The number of carbonyl (C=O) groups excluding carboxylic acids is 3. The van der Waals surface area contributed by atoms with Gasteiger partial charge in [0, 0.05) is 148 Å². The smallest absolute Gasteiger partial charge is 0.483 e. The van der Waals surface area contributed by atoms with Crippen LogP contribution in [0, 0.1) is 35.3 Å². The number of aliphatic carboxylic acids is 1. The molecule has 6 aliphatic heterocycles. The third kappa shape index (κ3) is 24.5.